The molecule has 0 amide bonds. The maximum absolute atomic E-state index is 12.7. The van der Waals surface area contributed by atoms with Gasteiger partial charge in [0.25, 0.3) is 5.56 Å². The van der Waals surface area contributed by atoms with Gasteiger partial charge < -0.3 is 9.64 Å². The standard InChI is InChI=1S/C25H29N5O2/c1-28-24(31)16-22(20-8-10-26-11-9-20)27-25(28)30-14-15-32-23(18-30)21-6-4-19(5-7-21)17-29-12-2-3-13-29/h4-11,16,23H,2-3,12-15,17-18H2,1H3/t23-/m0/s1. The third kappa shape index (κ3) is 4.45. The van der Waals surface area contributed by atoms with Crippen LogP contribution in [0.5, 0.6) is 0 Å². The molecule has 0 unspecified atom stereocenters. The first-order chi connectivity index (χ1) is 15.7. The van der Waals surface area contributed by atoms with Crippen molar-refractivity contribution in [2.45, 2.75) is 25.5 Å². The summed E-state index contributed by atoms with van der Waals surface area (Å²) in [5.41, 5.74) is 3.99. The van der Waals surface area contributed by atoms with E-state index in [1.54, 1.807) is 30.1 Å². The van der Waals surface area contributed by atoms with Crippen LogP contribution in [0, 0.1) is 0 Å². The van der Waals surface area contributed by atoms with Gasteiger partial charge in [-0.15, -0.1) is 0 Å². The Bertz CT molecular complexity index is 1110. The molecule has 5 rings (SSSR count). The van der Waals surface area contributed by atoms with Crippen molar-refractivity contribution in [3.8, 4) is 11.3 Å². The van der Waals surface area contributed by atoms with Gasteiger partial charge in [0.1, 0.15) is 6.10 Å². The Balaban J connectivity index is 1.35. The van der Waals surface area contributed by atoms with Gasteiger partial charge in [-0.05, 0) is 49.2 Å². The van der Waals surface area contributed by atoms with E-state index in [0.29, 0.717) is 31.3 Å². The van der Waals surface area contributed by atoms with Crippen LogP contribution in [-0.4, -0.2) is 52.2 Å². The van der Waals surface area contributed by atoms with E-state index in [0.717, 1.165) is 17.7 Å². The second kappa shape index (κ2) is 9.22. The largest absolute Gasteiger partial charge is 0.370 e. The monoisotopic (exact) mass is 431 g/mol. The highest BCUT2D eigenvalue weighted by molar-refractivity contribution is 5.59. The second-order valence-electron chi connectivity index (χ2n) is 8.60. The number of ether oxygens (including phenoxy) is 1. The van der Waals surface area contributed by atoms with Crippen LogP contribution in [-0.2, 0) is 18.3 Å². The number of hydrogen-bond donors (Lipinski definition) is 0. The Labute approximate surface area is 188 Å². The molecule has 2 aliphatic heterocycles. The fraction of sp³-hybridized carbons (Fsp3) is 0.400. The number of likely N-dealkylation sites (tertiary alicyclic amines) is 1. The van der Waals surface area contributed by atoms with Crippen LogP contribution in [0.4, 0.5) is 5.95 Å². The maximum Gasteiger partial charge on any atom is 0.255 e. The van der Waals surface area contributed by atoms with E-state index in [4.69, 9.17) is 9.72 Å². The summed E-state index contributed by atoms with van der Waals surface area (Å²) < 4.78 is 7.72. The lowest BCUT2D eigenvalue weighted by Gasteiger charge is -2.34. The number of pyridine rings is 1. The lowest BCUT2D eigenvalue weighted by Crippen LogP contribution is -2.41. The Morgan fingerprint density at radius 1 is 1.03 bits per heavy atom. The third-order valence-corrected chi connectivity index (χ3v) is 6.39. The summed E-state index contributed by atoms with van der Waals surface area (Å²) in [6.45, 7) is 5.37. The predicted molar refractivity (Wildman–Crippen MR) is 125 cm³/mol. The molecule has 2 aromatic heterocycles. The topological polar surface area (TPSA) is 63.5 Å². The van der Waals surface area contributed by atoms with Crippen molar-refractivity contribution in [3.05, 3.63) is 76.3 Å². The predicted octanol–water partition coefficient (Wildman–Crippen LogP) is 3.02. The first-order valence-electron chi connectivity index (χ1n) is 11.3. The molecule has 0 radical (unpaired) electrons. The van der Waals surface area contributed by atoms with Crippen molar-refractivity contribution in [3.63, 3.8) is 0 Å². The third-order valence-electron chi connectivity index (χ3n) is 6.39. The van der Waals surface area contributed by atoms with E-state index in [-0.39, 0.29) is 11.7 Å². The van der Waals surface area contributed by atoms with Gasteiger partial charge >= 0.3 is 0 Å². The lowest BCUT2D eigenvalue weighted by molar-refractivity contribution is 0.0389. The number of anilines is 1. The van der Waals surface area contributed by atoms with Gasteiger partial charge in [0.05, 0.1) is 18.8 Å². The first-order valence-corrected chi connectivity index (χ1v) is 11.3. The number of morpholine rings is 1. The van der Waals surface area contributed by atoms with E-state index in [2.05, 4.69) is 39.0 Å². The van der Waals surface area contributed by atoms with Crippen LogP contribution in [0.25, 0.3) is 11.3 Å². The zero-order valence-corrected chi connectivity index (χ0v) is 18.5. The van der Waals surface area contributed by atoms with Gasteiger partial charge in [-0.25, -0.2) is 4.98 Å². The zero-order valence-electron chi connectivity index (χ0n) is 18.5. The quantitative estimate of drug-likeness (QED) is 0.619. The van der Waals surface area contributed by atoms with Crippen molar-refractivity contribution < 1.29 is 4.74 Å². The summed E-state index contributed by atoms with van der Waals surface area (Å²) in [5.74, 6) is 0.670. The molecular formula is C25H29N5O2. The van der Waals surface area contributed by atoms with Crippen LogP contribution < -0.4 is 10.5 Å². The van der Waals surface area contributed by atoms with Gasteiger partial charge in [-0.3, -0.25) is 19.2 Å². The molecule has 32 heavy (non-hydrogen) atoms. The molecule has 3 aromatic rings. The molecule has 0 aliphatic carbocycles. The molecule has 1 atom stereocenters. The molecule has 0 bridgehead atoms. The molecule has 7 nitrogen and oxygen atoms in total. The number of rotatable bonds is 5. The summed E-state index contributed by atoms with van der Waals surface area (Å²) >= 11 is 0. The molecule has 2 fully saturated rings. The van der Waals surface area contributed by atoms with Crippen molar-refractivity contribution in [1.82, 2.24) is 19.4 Å². The second-order valence-corrected chi connectivity index (χ2v) is 8.60. The molecule has 7 heteroatoms. The lowest BCUT2D eigenvalue weighted by atomic mass is 10.1. The Morgan fingerprint density at radius 2 is 1.78 bits per heavy atom. The van der Waals surface area contributed by atoms with Gasteiger partial charge in [0.2, 0.25) is 5.95 Å². The summed E-state index contributed by atoms with van der Waals surface area (Å²) in [4.78, 5) is 26.2. The molecule has 4 heterocycles. The van der Waals surface area contributed by atoms with Crippen molar-refractivity contribution >= 4 is 5.95 Å². The molecule has 0 saturated carbocycles. The van der Waals surface area contributed by atoms with Crippen LogP contribution in [0.3, 0.4) is 0 Å². The zero-order chi connectivity index (χ0) is 21.9. The number of hydrogen-bond acceptors (Lipinski definition) is 6. The molecule has 0 spiro atoms. The van der Waals surface area contributed by atoms with Crippen molar-refractivity contribution in [2.24, 2.45) is 7.05 Å². The SMILES string of the molecule is Cn1c(N2CCO[C@H](c3ccc(CN4CCCC4)cc3)C2)nc(-c2ccncc2)cc1=O. The summed E-state index contributed by atoms with van der Waals surface area (Å²) in [7, 11) is 1.78. The maximum atomic E-state index is 12.7. The van der Waals surface area contributed by atoms with Crippen LogP contribution in [0.2, 0.25) is 0 Å². The number of benzene rings is 1. The van der Waals surface area contributed by atoms with E-state index in [1.165, 1.54) is 31.5 Å². The average Bonchev–Trinajstić information content (AvgIpc) is 3.35. The Hall–Kier alpha value is -3.03. The summed E-state index contributed by atoms with van der Waals surface area (Å²) in [6.07, 6.45) is 6.00. The fourth-order valence-corrected chi connectivity index (χ4v) is 4.55. The van der Waals surface area contributed by atoms with E-state index in [1.807, 2.05) is 12.1 Å². The molecular weight excluding hydrogens is 402 g/mol. The number of nitrogens with zero attached hydrogens (tertiary/aromatic N) is 5. The molecule has 166 valence electrons. The minimum Gasteiger partial charge on any atom is -0.370 e. The minimum atomic E-state index is -0.0730. The van der Waals surface area contributed by atoms with Gasteiger partial charge in [0, 0.05) is 44.2 Å². The number of aromatic nitrogens is 3. The van der Waals surface area contributed by atoms with Crippen molar-refractivity contribution in [1.29, 1.82) is 0 Å². The van der Waals surface area contributed by atoms with E-state index >= 15 is 0 Å². The normalized spacial score (nSPS) is 19.4. The average molecular weight is 432 g/mol. The van der Waals surface area contributed by atoms with Gasteiger partial charge in [-0.1, -0.05) is 24.3 Å². The smallest absolute Gasteiger partial charge is 0.255 e. The van der Waals surface area contributed by atoms with Gasteiger partial charge in [-0.2, -0.15) is 0 Å². The fourth-order valence-electron chi connectivity index (χ4n) is 4.55. The Kier molecular flexibility index (Phi) is 6.01. The first kappa shape index (κ1) is 20.8. The minimum absolute atomic E-state index is 0.0499. The van der Waals surface area contributed by atoms with Gasteiger partial charge in [0.15, 0.2) is 0 Å². The molecule has 2 saturated heterocycles. The molecule has 2 aliphatic rings. The molecule has 0 N–H and O–H groups in total. The van der Waals surface area contributed by atoms with Crippen LogP contribution in [0.1, 0.15) is 30.1 Å². The molecule has 1 aromatic carbocycles. The summed E-state index contributed by atoms with van der Waals surface area (Å²) in [5, 5.41) is 0. The van der Waals surface area contributed by atoms with E-state index in [9.17, 15) is 4.79 Å². The van der Waals surface area contributed by atoms with Crippen LogP contribution >= 0.6 is 0 Å². The van der Waals surface area contributed by atoms with Crippen molar-refractivity contribution in [2.75, 3.05) is 37.7 Å². The highest BCUT2D eigenvalue weighted by atomic mass is 16.5. The van der Waals surface area contributed by atoms with Crippen LogP contribution in [0.15, 0.2) is 59.7 Å². The highest BCUT2D eigenvalue weighted by Crippen LogP contribution is 2.26. The Morgan fingerprint density at radius 3 is 2.53 bits per heavy atom. The van der Waals surface area contributed by atoms with E-state index < -0.39 is 0 Å². The summed E-state index contributed by atoms with van der Waals surface area (Å²) in [6, 6.07) is 14.1. The highest BCUT2D eigenvalue weighted by Gasteiger charge is 2.25.